The molecule has 124 valence electrons. The van der Waals surface area contributed by atoms with Crippen LogP contribution in [0.1, 0.15) is 26.3 Å². The lowest BCUT2D eigenvalue weighted by Gasteiger charge is -2.19. The Hall–Kier alpha value is -1.70. The number of carbonyl (C=O) groups is 1. The Morgan fingerprint density at radius 3 is 2.14 bits per heavy atom. The molecule has 0 aromatic heterocycles. The van der Waals surface area contributed by atoms with Gasteiger partial charge in [0.15, 0.2) is 9.84 Å². The highest BCUT2D eigenvalue weighted by Crippen LogP contribution is 2.15. The quantitative estimate of drug-likeness (QED) is 0.864. The highest BCUT2D eigenvalue weighted by Gasteiger charge is 2.28. The number of rotatable bonds is 5. The van der Waals surface area contributed by atoms with Crippen LogP contribution < -0.4 is 10.6 Å². The molecule has 0 saturated heterocycles. The van der Waals surface area contributed by atoms with E-state index in [9.17, 15) is 22.0 Å². The zero-order chi connectivity index (χ0) is 17.0. The van der Waals surface area contributed by atoms with Gasteiger partial charge in [0.05, 0.1) is 10.5 Å². The Balaban J connectivity index is 2.42. The Bertz CT molecular complexity index is 620. The largest absolute Gasteiger partial charge is 0.337 e. The highest BCUT2D eigenvalue weighted by atomic mass is 32.2. The molecule has 0 saturated carbocycles. The van der Waals surface area contributed by atoms with E-state index in [1.807, 2.05) is 0 Å². The number of benzene rings is 1. The van der Waals surface area contributed by atoms with E-state index in [0.717, 1.165) is 18.2 Å². The van der Waals surface area contributed by atoms with E-state index < -0.39 is 32.2 Å². The van der Waals surface area contributed by atoms with Crippen LogP contribution in [0, 0.1) is 11.6 Å². The molecule has 0 heterocycles. The van der Waals surface area contributed by atoms with E-state index >= 15 is 0 Å². The number of amides is 2. The first-order valence-electron chi connectivity index (χ1n) is 6.70. The number of hydrogen-bond acceptors (Lipinski definition) is 3. The molecule has 22 heavy (non-hydrogen) atoms. The van der Waals surface area contributed by atoms with Crippen LogP contribution in [0.4, 0.5) is 13.6 Å². The normalized spacial score (nSPS) is 12.0. The molecule has 5 nitrogen and oxygen atoms in total. The van der Waals surface area contributed by atoms with Crippen molar-refractivity contribution in [1.29, 1.82) is 0 Å². The summed E-state index contributed by atoms with van der Waals surface area (Å²) in [5.41, 5.74) is 0.273. The van der Waals surface area contributed by atoms with Crippen molar-refractivity contribution in [3.63, 3.8) is 0 Å². The van der Waals surface area contributed by atoms with Gasteiger partial charge in [0, 0.05) is 19.2 Å². The van der Waals surface area contributed by atoms with Gasteiger partial charge in [-0.3, -0.25) is 0 Å². The Labute approximate surface area is 129 Å². The molecule has 0 fully saturated rings. The molecule has 1 aromatic carbocycles. The maximum atomic E-state index is 13.0. The molecule has 0 aliphatic carbocycles. The Kier molecular flexibility index (Phi) is 5.87. The van der Waals surface area contributed by atoms with E-state index in [2.05, 4.69) is 10.6 Å². The number of nitrogens with one attached hydrogen (secondary N) is 2. The van der Waals surface area contributed by atoms with Crippen molar-refractivity contribution in [1.82, 2.24) is 10.6 Å². The van der Waals surface area contributed by atoms with Gasteiger partial charge in [0.2, 0.25) is 0 Å². The van der Waals surface area contributed by atoms with E-state index in [1.165, 1.54) is 0 Å². The minimum Gasteiger partial charge on any atom is -0.337 e. The average Bonchev–Trinajstić information content (AvgIpc) is 2.33. The molecule has 0 unspecified atom stereocenters. The molecular formula is C14H20F2N2O3S. The van der Waals surface area contributed by atoms with Crippen molar-refractivity contribution in [2.24, 2.45) is 0 Å². The number of carbonyl (C=O) groups excluding carboxylic acids is 1. The first-order chi connectivity index (χ1) is 10.0. The predicted molar refractivity (Wildman–Crippen MR) is 80.1 cm³/mol. The van der Waals surface area contributed by atoms with Crippen LogP contribution in [0.2, 0.25) is 0 Å². The molecule has 0 atom stereocenters. The second-order valence-corrected chi connectivity index (χ2v) is 8.68. The van der Waals surface area contributed by atoms with Crippen molar-refractivity contribution in [2.75, 3.05) is 12.3 Å². The minimum atomic E-state index is -3.31. The summed E-state index contributed by atoms with van der Waals surface area (Å²) in [7, 11) is -3.31. The third kappa shape index (κ3) is 5.59. The summed E-state index contributed by atoms with van der Waals surface area (Å²) in [6, 6.07) is 2.34. The minimum absolute atomic E-state index is 0.0387. The van der Waals surface area contributed by atoms with Gasteiger partial charge >= 0.3 is 6.03 Å². The van der Waals surface area contributed by atoms with Crippen molar-refractivity contribution in [2.45, 2.75) is 32.1 Å². The van der Waals surface area contributed by atoms with Gasteiger partial charge in [-0.15, -0.1) is 0 Å². The van der Waals surface area contributed by atoms with Gasteiger partial charge in [0.25, 0.3) is 0 Å². The third-order valence-corrected chi connectivity index (χ3v) is 5.57. The monoisotopic (exact) mass is 334 g/mol. The van der Waals surface area contributed by atoms with E-state index in [0.29, 0.717) is 0 Å². The van der Waals surface area contributed by atoms with E-state index in [1.54, 1.807) is 20.8 Å². The Morgan fingerprint density at radius 1 is 1.09 bits per heavy atom. The van der Waals surface area contributed by atoms with Crippen LogP contribution in [-0.2, 0) is 16.4 Å². The fraction of sp³-hybridized carbons (Fsp3) is 0.500. The first kappa shape index (κ1) is 18.3. The summed E-state index contributed by atoms with van der Waals surface area (Å²) >= 11 is 0. The molecule has 8 heteroatoms. The van der Waals surface area contributed by atoms with Crippen molar-refractivity contribution < 1.29 is 22.0 Å². The number of urea groups is 1. The summed E-state index contributed by atoms with van der Waals surface area (Å²) in [4.78, 5) is 11.5. The SMILES string of the molecule is CC(C)(C)S(=O)(=O)CCNC(=O)NCc1cc(F)cc(F)c1. The molecule has 0 aliphatic rings. The molecule has 0 radical (unpaired) electrons. The van der Waals surface area contributed by atoms with Crippen LogP contribution in [0.3, 0.4) is 0 Å². The van der Waals surface area contributed by atoms with Crippen molar-refractivity contribution in [3.05, 3.63) is 35.4 Å². The smallest absolute Gasteiger partial charge is 0.315 e. The fourth-order valence-corrected chi connectivity index (χ4v) is 2.55. The van der Waals surface area contributed by atoms with Crippen molar-refractivity contribution >= 4 is 15.9 Å². The number of sulfone groups is 1. The van der Waals surface area contributed by atoms with Gasteiger partial charge in [0.1, 0.15) is 11.6 Å². The zero-order valence-corrected chi connectivity index (χ0v) is 13.6. The predicted octanol–water partition coefficient (Wildman–Crippen LogP) is 1.98. The van der Waals surface area contributed by atoms with Gasteiger partial charge < -0.3 is 10.6 Å². The van der Waals surface area contributed by atoms with E-state index in [4.69, 9.17) is 0 Å². The molecule has 0 aliphatic heterocycles. The summed E-state index contributed by atoms with van der Waals surface area (Å²) in [6.07, 6.45) is 0. The lowest BCUT2D eigenvalue weighted by molar-refractivity contribution is 0.241. The zero-order valence-electron chi connectivity index (χ0n) is 12.7. The van der Waals surface area contributed by atoms with Gasteiger partial charge in [-0.1, -0.05) is 0 Å². The highest BCUT2D eigenvalue weighted by molar-refractivity contribution is 7.92. The summed E-state index contributed by atoms with van der Waals surface area (Å²) in [6.45, 7) is 4.65. The Morgan fingerprint density at radius 2 is 1.64 bits per heavy atom. The van der Waals surface area contributed by atoms with Crippen LogP contribution in [-0.4, -0.2) is 31.5 Å². The second-order valence-electron chi connectivity index (χ2n) is 5.82. The van der Waals surface area contributed by atoms with E-state index in [-0.39, 0.29) is 24.4 Å². The third-order valence-electron chi connectivity index (χ3n) is 2.96. The lowest BCUT2D eigenvalue weighted by Crippen LogP contribution is -2.40. The van der Waals surface area contributed by atoms with Crippen LogP contribution in [0.25, 0.3) is 0 Å². The molecule has 0 bridgehead atoms. The van der Waals surface area contributed by atoms with Gasteiger partial charge in [-0.05, 0) is 38.5 Å². The number of hydrogen-bond donors (Lipinski definition) is 2. The molecule has 0 spiro atoms. The number of halogens is 2. The van der Waals surface area contributed by atoms with Crippen LogP contribution in [0.5, 0.6) is 0 Å². The summed E-state index contributed by atoms with van der Waals surface area (Å²) in [5.74, 6) is -1.64. The standard InChI is InChI=1S/C14H20F2N2O3S/c1-14(2,3)22(20,21)5-4-17-13(19)18-9-10-6-11(15)8-12(16)7-10/h6-8H,4-5,9H2,1-3H3,(H2,17,18,19). The topological polar surface area (TPSA) is 75.3 Å². The van der Waals surface area contributed by atoms with Gasteiger partial charge in [-0.2, -0.15) is 0 Å². The van der Waals surface area contributed by atoms with Gasteiger partial charge in [-0.25, -0.2) is 22.0 Å². The lowest BCUT2D eigenvalue weighted by atomic mass is 10.2. The second kappa shape index (κ2) is 7.04. The maximum absolute atomic E-state index is 13.0. The molecule has 1 aromatic rings. The summed E-state index contributed by atoms with van der Waals surface area (Å²) < 4.78 is 48.7. The first-order valence-corrected chi connectivity index (χ1v) is 8.35. The van der Waals surface area contributed by atoms with Crippen LogP contribution >= 0.6 is 0 Å². The molecule has 2 N–H and O–H groups in total. The molecular weight excluding hydrogens is 314 g/mol. The fourth-order valence-electron chi connectivity index (χ4n) is 1.56. The van der Waals surface area contributed by atoms with Crippen LogP contribution in [0.15, 0.2) is 18.2 Å². The molecule has 2 amide bonds. The van der Waals surface area contributed by atoms with Crippen molar-refractivity contribution in [3.8, 4) is 0 Å². The summed E-state index contributed by atoms with van der Waals surface area (Å²) in [5, 5.41) is 4.79. The average molecular weight is 334 g/mol. The molecule has 1 rings (SSSR count). The maximum Gasteiger partial charge on any atom is 0.315 e.